The zero-order valence-corrected chi connectivity index (χ0v) is 15.9. The molecule has 2 aromatic rings. The first-order chi connectivity index (χ1) is 12.7. The normalized spacial score (nSPS) is 16.3. The highest BCUT2D eigenvalue weighted by molar-refractivity contribution is 7.09. The third-order valence-corrected chi connectivity index (χ3v) is 5.25. The van der Waals surface area contributed by atoms with Gasteiger partial charge >= 0.3 is 0 Å². The fraction of sp³-hybridized carbons (Fsp3) is 0.444. The minimum Gasteiger partial charge on any atom is -0.493 e. The zero-order valence-electron chi connectivity index (χ0n) is 15.1. The van der Waals surface area contributed by atoms with E-state index in [2.05, 4.69) is 15.6 Å². The quantitative estimate of drug-likeness (QED) is 0.772. The highest BCUT2D eigenvalue weighted by Crippen LogP contribution is 2.38. The lowest BCUT2D eigenvalue weighted by molar-refractivity contribution is 0.0946. The lowest BCUT2D eigenvalue weighted by Crippen LogP contribution is -2.23. The number of aromatic nitrogens is 1. The van der Waals surface area contributed by atoms with E-state index in [-0.39, 0.29) is 11.9 Å². The van der Waals surface area contributed by atoms with Gasteiger partial charge in [0.25, 0.3) is 5.91 Å². The molecule has 7 nitrogen and oxygen atoms in total. The van der Waals surface area contributed by atoms with E-state index >= 15 is 0 Å². The maximum absolute atomic E-state index is 12.4. The average molecular weight is 377 g/mol. The van der Waals surface area contributed by atoms with E-state index in [1.54, 1.807) is 26.7 Å². The van der Waals surface area contributed by atoms with Gasteiger partial charge in [0.2, 0.25) is 5.75 Å². The number of rotatable bonds is 7. The van der Waals surface area contributed by atoms with E-state index in [0.717, 1.165) is 30.0 Å². The molecule has 0 radical (unpaired) electrons. The van der Waals surface area contributed by atoms with Gasteiger partial charge in [-0.05, 0) is 37.1 Å². The van der Waals surface area contributed by atoms with Crippen LogP contribution in [0, 0.1) is 0 Å². The number of hydrogen-bond acceptors (Lipinski definition) is 7. The van der Waals surface area contributed by atoms with Gasteiger partial charge in [-0.25, -0.2) is 4.98 Å². The van der Waals surface area contributed by atoms with Crippen LogP contribution in [0.4, 0.5) is 0 Å². The van der Waals surface area contributed by atoms with E-state index in [9.17, 15) is 4.79 Å². The Labute approximate surface area is 156 Å². The second-order valence-corrected chi connectivity index (χ2v) is 6.83. The Bertz CT molecular complexity index is 747. The molecule has 1 amide bonds. The van der Waals surface area contributed by atoms with Crippen LogP contribution in [0.2, 0.25) is 0 Å². The Morgan fingerprint density at radius 2 is 2.00 bits per heavy atom. The van der Waals surface area contributed by atoms with Gasteiger partial charge in [-0.1, -0.05) is 0 Å². The van der Waals surface area contributed by atoms with Crippen LogP contribution < -0.4 is 24.8 Å². The molecule has 2 heterocycles. The lowest BCUT2D eigenvalue weighted by atomic mass is 10.1. The van der Waals surface area contributed by atoms with Crippen molar-refractivity contribution in [2.75, 3.05) is 27.9 Å². The predicted octanol–water partition coefficient (Wildman–Crippen LogP) is 2.52. The molecule has 3 rings (SSSR count). The number of hydrogen-bond donors (Lipinski definition) is 2. The topological polar surface area (TPSA) is 81.7 Å². The summed E-state index contributed by atoms with van der Waals surface area (Å²) in [6.07, 6.45) is 2.22. The van der Waals surface area contributed by atoms with Crippen molar-refractivity contribution in [3.05, 3.63) is 33.8 Å². The molecule has 1 fully saturated rings. The Kier molecular flexibility index (Phi) is 5.95. The molecule has 2 N–H and O–H groups in total. The molecule has 1 aliphatic heterocycles. The standard InChI is InChI=1S/C18H23N3O4S/c1-23-14-7-11(8-15(24-2)16(14)25-3)9-20-17(22)13-10-26-18(21-13)12-5-4-6-19-12/h7-8,10,12,19H,4-6,9H2,1-3H3,(H,20,22). The Morgan fingerprint density at radius 1 is 1.27 bits per heavy atom. The van der Waals surface area contributed by atoms with E-state index in [1.807, 2.05) is 12.1 Å². The minimum atomic E-state index is -0.195. The third kappa shape index (κ3) is 3.91. The van der Waals surface area contributed by atoms with Gasteiger partial charge in [-0.3, -0.25) is 4.79 Å². The number of methoxy groups -OCH3 is 3. The summed E-state index contributed by atoms with van der Waals surface area (Å²) in [4.78, 5) is 16.9. The molecule has 1 atom stereocenters. The molecule has 140 valence electrons. The molecule has 1 aliphatic rings. The van der Waals surface area contributed by atoms with Gasteiger partial charge in [0.1, 0.15) is 10.7 Å². The summed E-state index contributed by atoms with van der Waals surface area (Å²) in [5.41, 5.74) is 1.30. The van der Waals surface area contributed by atoms with E-state index < -0.39 is 0 Å². The maximum Gasteiger partial charge on any atom is 0.271 e. The number of amides is 1. The van der Waals surface area contributed by atoms with Crippen molar-refractivity contribution in [1.29, 1.82) is 0 Å². The van der Waals surface area contributed by atoms with E-state index in [4.69, 9.17) is 14.2 Å². The number of nitrogens with zero attached hydrogens (tertiary/aromatic N) is 1. The number of benzene rings is 1. The monoisotopic (exact) mass is 377 g/mol. The van der Waals surface area contributed by atoms with Gasteiger partial charge in [0, 0.05) is 11.9 Å². The van der Waals surface area contributed by atoms with Crippen molar-refractivity contribution in [1.82, 2.24) is 15.6 Å². The van der Waals surface area contributed by atoms with Gasteiger partial charge in [0.15, 0.2) is 11.5 Å². The van der Waals surface area contributed by atoms with E-state index in [1.165, 1.54) is 11.3 Å². The van der Waals surface area contributed by atoms with Crippen molar-refractivity contribution < 1.29 is 19.0 Å². The van der Waals surface area contributed by atoms with Crippen molar-refractivity contribution in [3.8, 4) is 17.2 Å². The van der Waals surface area contributed by atoms with Crippen LogP contribution in [0.25, 0.3) is 0 Å². The molecule has 0 aliphatic carbocycles. The summed E-state index contributed by atoms with van der Waals surface area (Å²) in [5, 5.41) is 9.07. The summed E-state index contributed by atoms with van der Waals surface area (Å²) < 4.78 is 16.0. The summed E-state index contributed by atoms with van der Waals surface area (Å²) in [6.45, 7) is 1.34. The van der Waals surface area contributed by atoms with Crippen LogP contribution in [0.5, 0.6) is 17.2 Å². The molecule has 1 unspecified atom stereocenters. The molecule has 26 heavy (non-hydrogen) atoms. The highest BCUT2D eigenvalue weighted by atomic mass is 32.1. The fourth-order valence-corrected chi connectivity index (χ4v) is 3.87. The van der Waals surface area contributed by atoms with Gasteiger partial charge in [-0.2, -0.15) is 0 Å². The minimum absolute atomic E-state index is 0.195. The van der Waals surface area contributed by atoms with E-state index in [0.29, 0.717) is 29.5 Å². The summed E-state index contributed by atoms with van der Waals surface area (Å²) >= 11 is 1.52. The highest BCUT2D eigenvalue weighted by Gasteiger charge is 2.21. The van der Waals surface area contributed by atoms with Crippen molar-refractivity contribution in [3.63, 3.8) is 0 Å². The molecule has 1 aromatic heterocycles. The molecule has 8 heteroatoms. The van der Waals surface area contributed by atoms with Crippen molar-refractivity contribution >= 4 is 17.2 Å². The molecular formula is C18H23N3O4S. The first kappa shape index (κ1) is 18.5. The zero-order chi connectivity index (χ0) is 18.5. The second kappa shape index (κ2) is 8.37. The van der Waals surface area contributed by atoms with Crippen LogP contribution in [0.3, 0.4) is 0 Å². The van der Waals surface area contributed by atoms with Crippen molar-refractivity contribution in [2.24, 2.45) is 0 Å². The third-order valence-electron chi connectivity index (χ3n) is 4.29. The van der Waals surface area contributed by atoms with Crippen LogP contribution in [-0.2, 0) is 6.54 Å². The fourth-order valence-electron chi connectivity index (χ4n) is 2.96. The van der Waals surface area contributed by atoms with Crippen LogP contribution in [-0.4, -0.2) is 38.8 Å². The van der Waals surface area contributed by atoms with Crippen LogP contribution in [0.15, 0.2) is 17.5 Å². The molecular weight excluding hydrogens is 354 g/mol. The van der Waals surface area contributed by atoms with Crippen LogP contribution in [0.1, 0.15) is 39.9 Å². The largest absolute Gasteiger partial charge is 0.493 e. The number of carbonyl (C=O) groups is 1. The Balaban J connectivity index is 1.67. The maximum atomic E-state index is 12.4. The summed E-state index contributed by atoms with van der Waals surface area (Å²) in [7, 11) is 4.68. The Hall–Kier alpha value is -2.32. The summed E-state index contributed by atoms with van der Waals surface area (Å²) in [5.74, 6) is 1.44. The first-order valence-corrected chi connectivity index (χ1v) is 9.30. The van der Waals surface area contributed by atoms with Gasteiger partial charge in [0.05, 0.1) is 27.4 Å². The van der Waals surface area contributed by atoms with Crippen LogP contribution >= 0.6 is 11.3 Å². The smallest absolute Gasteiger partial charge is 0.271 e. The van der Waals surface area contributed by atoms with Gasteiger partial charge in [-0.15, -0.1) is 11.3 Å². The summed E-state index contributed by atoms with van der Waals surface area (Å²) in [6, 6.07) is 3.91. The number of nitrogens with one attached hydrogen (secondary N) is 2. The molecule has 1 saturated heterocycles. The number of ether oxygens (including phenoxy) is 3. The van der Waals surface area contributed by atoms with Gasteiger partial charge < -0.3 is 24.8 Å². The average Bonchev–Trinajstić information content (AvgIpc) is 3.36. The lowest BCUT2D eigenvalue weighted by Gasteiger charge is -2.14. The predicted molar refractivity (Wildman–Crippen MR) is 99.4 cm³/mol. The number of thiazole rings is 1. The molecule has 0 spiro atoms. The Morgan fingerprint density at radius 3 is 2.58 bits per heavy atom. The van der Waals surface area contributed by atoms with Crippen molar-refractivity contribution in [2.45, 2.75) is 25.4 Å². The number of carbonyl (C=O) groups excluding carboxylic acids is 1. The molecule has 0 saturated carbocycles. The second-order valence-electron chi connectivity index (χ2n) is 5.94. The molecule has 1 aromatic carbocycles. The molecule has 0 bridgehead atoms. The first-order valence-electron chi connectivity index (χ1n) is 8.42. The SMILES string of the molecule is COc1cc(CNC(=O)c2csc(C3CCCN3)n2)cc(OC)c1OC.